The summed E-state index contributed by atoms with van der Waals surface area (Å²) in [5, 5.41) is 6.27. The fourth-order valence-electron chi connectivity index (χ4n) is 1.70. The van der Waals surface area contributed by atoms with Gasteiger partial charge in [-0.2, -0.15) is 0 Å². The van der Waals surface area contributed by atoms with Crippen LogP contribution in [0.3, 0.4) is 0 Å². The van der Waals surface area contributed by atoms with E-state index in [4.69, 9.17) is 0 Å². The molecule has 0 heterocycles. The van der Waals surface area contributed by atoms with E-state index in [-0.39, 0.29) is 41.0 Å². The lowest BCUT2D eigenvalue weighted by molar-refractivity contribution is 0.501. The molecule has 0 unspecified atom stereocenters. The largest absolute Gasteiger partial charge is 0.355 e. The highest BCUT2D eigenvalue weighted by atomic mass is 127. The quantitative estimate of drug-likeness (QED) is 0.275. The van der Waals surface area contributed by atoms with Crippen molar-refractivity contribution < 1.29 is 8.42 Å². The second-order valence-electron chi connectivity index (χ2n) is 6.08. The summed E-state index contributed by atoms with van der Waals surface area (Å²) in [4.78, 5) is 4.37. The van der Waals surface area contributed by atoms with Crippen LogP contribution >= 0.6 is 24.0 Å². The summed E-state index contributed by atoms with van der Waals surface area (Å²) in [5.41, 5.74) is 0.918. The standard InChI is InChI=1S/C15H26N4O2S.HI/c1-12-6-8-13(9-7-12)22(20,21)18-11-10-17-14(16-5)19-15(2,3)4;/h6-9,18H,10-11H2,1-5H3,(H2,16,17,19);1H. The van der Waals surface area contributed by atoms with Gasteiger partial charge in [0.1, 0.15) is 0 Å². The Bertz CT molecular complexity index is 607. The summed E-state index contributed by atoms with van der Waals surface area (Å²) >= 11 is 0. The zero-order chi connectivity index (χ0) is 16.8. The van der Waals surface area contributed by atoms with Crippen LogP contribution in [0.1, 0.15) is 26.3 Å². The first-order chi connectivity index (χ1) is 10.1. The number of halogens is 1. The van der Waals surface area contributed by atoms with Gasteiger partial charge in [-0.3, -0.25) is 4.99 Å². The SMILES string of the molecule is CN=C(NCCNS(=O)(=O)c1ccc(C)cc1)NC(C)(C)C.I. The van der Waals surface area contributed by atoms with E-state index in [0.717, 1.165) is 5.56 Å². The molecule has 0 radical (unpaired) electrons. The normalized spacial score (nSPS) is 12.5. The van der Waals surface area contributed by atoms with Crippen LogP contribution in [0.2, 0.25) is 0 Å². The Morgan fingerprint density at radius 2 is 1.70 bits per heavy atom. The molecule has 0 atom stereocenters. The number of sulfonamides is 1. The van der Waals surface area contributed by atoms with E-state index in [1.807, 2.05) is 27.7 Å². The Balaban J connectivity index is 0.00000484. The molecule has 8 heteroatoms. The predicted molar refractivity (Wildman–Crippen MR) is 106 cm³/mol. The molecule has 132 valence electrons. The third kappa shape index (κ3) is 8.52. The Morgan fingerprint density at radius 3 is 2.17 bits per heavy atom. The summed E-state index contributed by atoms with van der Waals surface area (Å²) in [6.07, 6.45) is 0. The summed E-state index contributed by atoms with van der Waals surface area (Å²) in [6.45, 7) is 8.73. The van der Waals surface area contributed by atoms with Gasteiger partial charge >= 0.3 is 0 Å². The number of aliphatic imine (C=N–C) groups is 1. The molecule has 1 aromatic rings. The molecule has 0 amide bonds. The topological polar surface area (TPSA) is 82.6 Å². The van der Waals surface area contributed by atoms with Crippen LogP contribution in [0, 0.1) is 6.92 Å². The average Bonchev–Trinajstić information content (AvgIpc) is 2.41. The summed E-state index contributed by atoms with van der Waals surface area (Å²) in [6, 6.07) is 6.76. The molecule has 3 N–H and O–H groups in total. The first-order valence-electron chi connectivity index (χ1n) is 7.19. The maximum absolute atomic E-state index is 12.1. The van der Waals surface area contributed by atoms with E-state index >= 15 is 0 Å². The van der Waals surface area contributed by atoms with Gasteiger partial charge in [0.2, 0.25) is 10.0 Å². The Morgan fingerprint density at radius 1 is 1.13 bits per heavy atom. The van der Waals surface area contributed by atoms with Crippen molar-refractivity contribution in [2.24, 2.45) is 4.99 Å². The first-order valence-corrected chi connectivity index (χ1v) is 8.67. The van der Waals surface area contributed by atoms with Crippen LogP contribution in [0.5, 0.6) is 0 Å². The van der Waals surface area contributed by atoms with Crippen molar-refractivity contribution in [3.8, 4) is 0 Å². The second-order valence-corrected chi connectivity index (χ2v) is 7.85. The zero-order valence-corrected chi connectivity index (χ0v) is 17.5. The van der Waals surface area contributed by atoms with Crippen molar-refractivity contribution >= 4 is 40.0 Å². The van der Waals surface area contributed by atoms with E-state index in [2.05, 4.69) is 20.3 Å². The van der Waals surface area contributed by atoms with E-state index < -0.39 is 10.0 Å². The molecule has 0 fully saturated rings. The molecule has 23 heavy (non-hydrogen) atoms. The zero-order valence-electron chi connectivity index (χ0n) is 14.3. The minimum atomic E-state index is -3.47. The monoisotopic (exact) mass is 454 g/mol. The second kappa shape index (κ2) is 9.43. The van der Waals surface area contributed by atoms with Crippen LogP contribution < -0.4 is 15.4 Å². The van der Waals surface area contributed by atoms with Crippen LogP contribution in [0.4, 0.5) is 0 Å². The minimum Gasteiger partial charge on any atom is -0.355 e. The molecule has 0 saturated heterocycles. The number of hydrogen-bond acceptors (Lipinski definition) is 3. The third-order valence-electron chi connectivity index (χ3n) is 2.76. The molecule has 1 rings (SSSR count). The van der Waals surface area contributed by atoms with Crippen molar-refractivity contribution in [2.75, 3.05) is 20.1 Å². The van der Waals surface area contributed by atoms with E-state index in [9.17, 15) is 8.42 Å². The highest BCUT2D eigenvalue weighted by Crippen LogP contribution is 2.09. The number of nitrogens with zero attached hydrogens (tertiary/aromatic N) is 1. The first kappa shape index (κ1) is 22.1. The summed E-state index contributed by atoms with van der Waals surface area (Å²) < 4.78 is 26.8. The molecule has 0 bridgehead atoms. The molecule has 0 aliphatic carbocycles. The van der Waals surface area contributed by atoms with E-state index in [1.165, 1.54) is 0 Å². The van der Waals surface area contributed by atoms with Gasteiger partial charge in [0.05, 0.1) is 4.90 Å². The lowest BCUT2D eigenvalue weighted by Crippen LogP contribution is -2.49. The van der Waals surface area contributed by atoms with Crippen LogP contribution in [-0.4, -0.2) is 40.1 Å². The van der Waals surface area contributed by atoms with Gasteiger partial charge in [-0.05, 0) is 39.8 Å². The van der Waals surface area contributed by atoms with Crippen molar-refractivity contribution in [1.82, 2.24) is 15.4 Å². The number of hydrogen-bond donors (Lipinski definition) is 3. The fourth-order valence-corrected chi connectivity index (χ4v) is 2.73. The van der Waals surface area contributed by atoms with Crippen molar-refractivity contribution in [2.45, 2.75) is 38.1 Å². The molecule has 1 aromatic carbocycles. The number of benzene rings is 1. The number of aryl methyl sites for hydroxylation is 1. The van der Waals surface area contributed by atoms with Gasteiger partial charge in [0, 0.05) is 25.7 Å². The molecule has 6 nitrogen and oxygen atoms in total. The molecule has 0 saturated carbocycles. The van der Waals surface area contributed by atoms with Gasteiger partial charge in [0.25, 0.3) is 0 Å². The summed E-state index contributed by atoms with van der Waals surface area (Å²) in [5.74, 6) is 0.641. The molecular formula is C15H27IN4O2S. The Labute approximate surface area is 156 Å². The number of guanidine groups is 1. The van der Waals surface area contributed by atoms with Gasteiger partial charge < -0.3 is 10.6 Å². The number of nitrogens with one attached hydrogen (secondary N) is 3. The highest BCUT2D eigenvalue weighted by Gasteiger charge is 2.14. The van der Waals surface area contributed by atoms with Crippen molar-refractivity contribution in [3.05, 3.63) is 29.8 Å². The maximum atomic E-state index is 12.1. The third-order valence-corrected chi connectivity index (χ3v) is 4.23. The lowest BCUT2D eigenvalue weighted by Gasteiger charge is -2.23. The van der Waals surface area contributed by atoms with Crippen LogP contribution in [0.25, 0.3) is 0 Å². The minimum absolute atomic E-state index is 0. The van der Waals surface area contributed by atoms with Crippen molar-refractivity contribution in [1.29, 1.82) is 0 Å². The lowest BCUT2D eigenvalue weighted by atomic mass is 10.1. The van der Waals surface area contributed by atoms with Crippen molar-refractivity contribution in [3.63, 3.8) is 0 Å². The average molecular weight is 454 g/mol. The van der Waals surface area contributed by atoms with Gasteiger partial charge in [-0.1, -0.05) is 17.7 Å². The highest BCUT2D eigenvalue weighted by molar-refractivity contribution is 14.0. The fraction of sp³-hybridized carbons (Fsp3) is 0.533. The van der Waals surface area contributed by atoms with Crippen LogP contribution in [-0.2, 0) is 10.0 Å². The molecular weight excluding hydrogens is 427 g/mol. The number of rotatable bonds is 5. The molecule has 0 aliphatic rings. The van der Waals surface area contributed by atoms with Crippen LogP contribution in [0.15, 0.2) is 34.2 Å². The van der Waals surface area contributed by atoms with E-state index in [1.54, 1.807) is 31.3 Å². The van der Waals surface area contributed by atoms with E-state index in [0.29, 0.717) is 12.5 Å². The Kier molecular flexibility index (Phi) is 9.07. The summed E-state index contributed by atoms with van der Waals surface area (Å²) in [7, 11) is -1.79. The molecule has 0 spiro atoms. The van der Waals surface area contributed by atoms with Gasteiger partial charge in [-0.25, -0.2) is 13.1 Å². The van der Waals surface area contributed by atoms with Gasteiger partial charge in [0.15, 0.2) is 5.96 Å². The molecule has 0 aliphatic heterocycles. The molecule has 0 aromatic heterocycles. The van der Waals surface area contributed by atoms with Gasteiger partial charge in [-0.15, -0.1) is 24.0 Å². The maximum Gasteiger partial charge on any atom is 0.240 e. The Hall–Kier alpha value is -0.870. The smallest absolute Gasteiger partial charge is 0.240 e. The predicted octanol–water partition coefficient (Wildman–Crippen LogP) is 1.85.